The SMILES string of the molecule is CC(O)C(C)(C)Nc1ncnc(NN)c1[N+](=O)[O-]. The summed E-state index contributed by atoms with van der Waals surface area (Å²) in [5.74, 6) is 5.06. The van der Waals surface area contributed by atoms with E-state index in [0.29, 0.717) is 0 Å². The van der Waals surface area contributed by atoms with Gasteiger partial charge in [0.1, 0.15) is 6.33 Å². The van der Waals surface area contributed by atoms with E-state index in [1.165, 1.54) is 0 Å². The number of hydrogen-bond donors (Lipinski definition) is 4. The van der Waals surface area contributed by atoms with Crippen LogP contribution in [0.25, 0.3) is 0 Å². The zero-order valence-corrected chi connectivity index (χ0v) is 10.3. The Labute approximate surface area is 104 Å². The topological polar surface area (TPSA) is 139 Å². The molecule has 0 spiro atoms. The number of aliphatic hydroxyl groups is 1. The van der Waals surface area contributed by atoms with Crippen molar-refractivity contribution in [3.05, 3.63) is 16.4 Å². The number of anilines is 2. The summed E-state index contributed by atoms with van der Waals surface area (Å²) >= 11 is 0. The van der Waals surface area contributed by atoms with Gasteiger partial charge in [0.05, 0.1) is 16.6 Å². The smallest absolute Gasteiger partial charge is 0.354 e. The standard InChI is InChI=1S/C9H16N6O3/c1-5(16)9(2,3)13-7-6(15(17)18)8(14-10)12-4-11-7/h4-5,16H,10H2,1-3H3,(H2,11,12,13,14). The number of nitro groups is 1. The van der Waals surface area contributed by atoms with Crippen molar-refractivity contribution in [1.29, 1.82) is 0 Å². The lowest BCUT2D eigenvalue weighted by atomic mass is 9.99. The van der Waals surface area contributed by atoms with Gasteiger partial charge in [0.25, 0.3) is 0 Å². The van der Waals surface area contributed by atoms with Gasteiger partial charge in [0, 0.05) is 0 Å². The first-order valence-electron chi connectivity index (χ1n) is 5.22. The number of nitrogens with two attached hydrogens (primary N) is 1. The van der Waals surface area contributed by atoms with E-state index >= 15 is 0 Å². The molecular formula is C9H16N6O3. The summed E-state index contributed by atoms with van der Waals surface area (Å²) < 4.78 is 0. The number of aromatic nitrogens is 2. The lowest BCUT2D eigenvalue weighted by Gasteiger charge is -2.29. The highest BCUT2D eigenvalue weighted by molar-refractivity contribution is 5.69. The van der Waals surface area contributed by atoms with E-state index in [-0.39, 0.29) is 17.3 Å². The van der Waals surface area contributed by atoms with Crippen LogP contribution in [0.2, 0.25) is 0 Å². The third-order valence-corrected chi connectivity index (χ3v) is 2.63. The van der Waals surface area contributed by atoms with Gasteiger partial charge in [-0.15, -0.1) is 0 Å². The Morgan fingerprint density at radius 2 is 2.06 bits per heavy atom. The van der Waals surface area contributed by atoms with Gasteiger partial charge in [-0.1, -0.05) is 0 Å². The minimum absolute atomic E-state index is 0.00569. The third-order valence-electron chi connectivity index (χ3n) is 2.63. The Morgan fingerprint density at radius 3 is 2.50 bits per heavy atom. The number of aliphatic hydroxyl groups excluding tert-OH is 1. The summed E-state index contributed by atoms with van der Waals surface area (Å²) in [6.07, 6.45) is 0.407. The van der Waals surface area contributed by atoms with Crippen LogP contribution in [0.5, 0.6) is 0 Å². The van der Waals surface area contributed by atoms with Gasteiger partial charge < -0.3 is 15.8 Å². The predicted octanol–water partition coefficient (Wildman–Crippen LogP) is 0.242. The van der Waals surface area contributed by atoms with Crippen LogP contribution in [-0.2, 0) is 0 Å². The Kier molecular flexibility index (Phi) is 3.99. The van der Waals surface area contributed by atoms with Crippen LogP contribution in [-0.4, -0.2) is 31.6 Å². The molecule has 5 N–H and O–H groups in total. The maximum Gasteiger partial charge on any atom is 0.354 e. The second kappa shape index (κ2) is 5.10. The molecule has 1 rings (SSSR count). The molecule has 0 bridgehead atoms. The van der Waals surface area contributed by atoms with E-state index in [9.17, 15) is 15.2 Å². The first kappa shape index (κ1) is 14.1. The van der Waals surface area contributed by atoms with Crippen LogP contribution in [0.4, 0.5) is 17.3 Å². The van der Waals surface area contributed by atoms with Crippen molar-refractivity contribution in [3.8, 4) is 0 Å². The average Bonchev–Trinajstić information content (AvgIpc) is 2.27. The van der Waals surface area contributed by atoms with Crippen molar-refractivity contribution in [1.82, 2.24) is 9.97 Å². The number of rotatable bonds is 5. The zero-order chi connectivity index (χ0) is 13.9. The summed E-state index contributed by atoms with van der Waals surface area (Å²) in [5, 5.41) is 23.4. The summed E-state index contributed by atoms with van der Waals surface area (Å²) in [4.78, 5) is 17.8. The first-order chi connectivity index (χ1) is 8.29. The Balaban J connectivity index is 3.21. The minimum atomic E-state index is -0.787. The molecule has 0 amide bonds. The molecule has 1 atom stereocenters. The molecule has 0 aliphatic rings. The van der Waals surface area contributed by atoms with Gasteiger partial charge in [-0.3, -0.25) is 10.1 Å². The number of nitrogens with zero attached hydrogens (tertiary/aromatic N) is 3. The van der Waals surface area contributed by atoms with Crippen molar-refractivity contribution >= 4 is 17.3 Å². The lowest BCUT2D eigenvalue weighted by Crippen LogP contribution is -2.42. The molecule has 0 radical (unpaired) electrons. The van der Waals surface area contributed by atoms with E-state index in [0.717, 1.165) is 6.33 Å². The Bertz CT molecular complexity index is 448. The van der Waals surface area contributed by atoms with E-state index < -0.39 is 16.6 Å². The van der Waals surface area contributed by atoms with Crippen LogP contribution in [0.1, 0.15) is 20.8 Å². The Hall–Kier alpha value is -2.00. The molecule has 1 aromatic rings. The molecule has 0 aromatic carbocycles. The second-order valence-corrected chi connectivity index (χ2v) is 4.34. The lowest BCUT2D eigenvalue weighted by molar-refractivity contribution is -0.383. The van der Waals surface area contributed by atoms with Crippen LogP contribution in [0.15, 0.2) is 6.33 Å². The molecule has 0 saturated heterocycles. The maximum atomic E-state index is 11.0. The molecule has 0 aliphatic heterocycles. The van der Waals surface area contributed by atoms with E-state index in [4.69, 9.17) is 5.84 Å². The number of hydrogen-bond acceptors (Lipinski definition) is 8. The van der Waals surface area contributed by atoms with Crippen LogP contribution >= 0.6 is 0 Å². The molecule has 100 valence electrons. The quantitative estimate of drug-likeness (QED) is 0.334. The monoisotopic (exact) mass is 256 g/mol. The largest absolute Gasteiger partial charge is 0.391 e. The fourth-order valence-corrected chi connectivity index (χ4v) is 1.16. The maximum absolute atomic E-state index is 11.0. The summed E-state index contributed by atoms with van der Waals surface area (Å²) in [6, 6.07) is 0. The highest BCUT2D eigenvalue weighted by Gasteiger charge is 2.30. The van der Waals surface area contributed by atoms with Crippen molar-refractivity contribution in [2.24, 2.45) is 5.84 Å². The van der Waals surface area contributed by atoms with Gasteiger partial charge >= 0.3 is 5.69 Å². The third kappa shape index (κ3) is 2.81. The number of hydrazine groups is 1. The van der Waals surface area contributed by atoms with Crippen molar-refractivity contribution in [2.75, 3.05) is 10.7 Å². The van der Waals surface area contributed by atoms with Crippen molar-refractivity contribution in [3.63, 3.8) is 0 Å². The van der Waals surface area contributed by atoms with E-state index in [1.54, 1.807) is 20.8 Å². The molecule has 1 unspecified atom stereocenters. The van der Waals surface area contributed by atoms with Gasteiger partial charge in [-0.25, -0.2) is 15.8 Å². The molecule has 18 heavy (non-hydrogen) atoms. The number of nitrogen functional groups attached to an aromatic ring is 1. The average molecular weight is 256 g/mol. The molecule has 1 aromatic heterocycles. The molecule has 9 nitrogen and oxygen atoms in total. The van der Waals surface area contributed by atoms with E-state index in [2.05, 4.69) is 20.7 Å². The molecule has 0 aliphatic carbocycles. The first-order valence-corrected chi connectivity index (χ1v) is 5.22. The number of nitrogens with one attached hydrogen (secondary N) is 2. The predicted molar refractivity (Wildman–Crippen MR) is 65.9 cm³/mol. The molecular weight excluding hydrogens is 240 g/mol. The second-order valence-electron chi connectivity index (χ2n) is 4.34. The Morgan fingerprint density at radius 1 is 1.50 bits per heavy atom. The van der Waals surface area contributed by atoms with Crippen LogP contribution in [0.3, 0.4) is 0 Å². The molecule has 0 fully saturated rings. The summed E-state index contributed by atoms with van der Waals surface area (Å²) in [5.41, 5.74) is 0.983. The van der Waals surface area contributed by atoms with Crippen molar-refractivity contribution < 1.29 is 10.0 Å². The zero-order valence-electron chi connectivity index (χ0n) is 10.3. The molecule has 0 saturated carbocycles. The van der Waals surface area contributed by atoms with Crippen molar-refractivity contribution in [2.45, 2.75) is 32.4 Å². The normalized spacial score (nSPS) is 12.9. The van der Waals surface area contributed by atoms with E-state index in [1.807, 2.05) is 0 Å². The molecule has 9 heteroatoms. The summed E-state index contributed by atoms with van der Waals surface area (Å²) in [7, 11) is 0. The van der Waals surface area contributed by atoms with Gasteiger partial charge in [0.2, 0.25) is 11.6 Å². The van der Waals surface area contributed by atoms with Crippen LogP contribution in [0, 0.1) is 10.1 Å². The fraction of sp³-hybridized carbons (Fsp3) is 0.556. The van der Waals surface area contributed by atoms with Crippen LogP contribution < -0.4 is 16.6 Å². The van der Waals surface area contributed by atoms with Gasteiger partial charge in [-0.2, -0.15) is 0 Å². The minimum Gasteiger partial charge on any atom is -0.391 e. The highest BCUT2D eigenvalue weighted by atomic mass is 16.6. The van der Waals surface area contributed by atoms with Gasteiger partial charge in [0.15, 0.2) is 0 Å². The molecule has 1 heterocycles. The highest BCUT2D eigenvalue weighted by Crippen LogP contribution is 2.30. The van der Waals surface area contributed by atoms with Gasteiger partial charge in [-0.05, 0) is 20.8 Å². The fourth-order valence-electron chi connectivity index (χ4n) is 1.16. The summed E-state index contributed by atoms with van der Waals surface area (Å²) in [6.45, 7) is 4.96.